The van der Waals surface area contributed by atoms with E-state index in [1.54, 1.807) is 33.7 Å². The maximum absolute atomic E-state index is 15.1. The van der Waals surface area contributed by atoms with E-state index in [4.69, 9.17) is 16.6 Å². The molecule has 3 heterocycles. The first kappa shape index (κ1) is 31.3. The molecule has 2 aromatic carbocycles. The lowest BCUT2D eigenvalue weighted by Gasteiger charge is -2.44. The zero-order chi connectivity index (χ0) is 31.9. The Hall–Kier alpha value is -4.08. The number of carbonyl (C=O) groups excluding carboxylic acids is 1. The zero-order valence-corrected chi connectivity index (χ0v) is 26.8. The van der Waals surface area contributed by atoms with Gasteiger partial charge < -0.3 is 14.7 Å². The van der Waals surface area contributed by atoms with Gasteiger partial charge in [-0.2, -0.15) is 4.98 Å². The van der Waals surface area contributed by atoms with Gasteiger partial charge in [-0.25, -0.2) is 18.7 Å². The number of carbonyl (C=O) groups is 1. The molecule has 0 bridgehead atoms. The van der Waals surface area contributed by atoms with Crippen LogP contribution in [0.25, 0.3) is 28.0 Å². The molecule has 0 saturated carbocycles. The Balaban J connectivity index is 1.85. The fraction of sp³-hybridized carbons (Fsp3) is 0.353. The van der Waals surface area contributed by atoms with Crippen molar-refractivity contribution in [3.05, 3.63) is 93.6 Å². The highest BCUT2D eigenvalue weighted by Crippen LogP contribution is 2.37. The summed E-state index contributed by atoms with van der Waals surface area (Å²) in [5.74, 6) is -0.0960. The van der Waals surface area contributed by atoms with Crippen LogP contribution < -0.4 is 10.6 Å². The highest BCUT2D eigenvalue weighted by molar-refractivity contribution is 6.33. The summed E-state index contributed by atoms with van der Waals surface area (Å²) < 4.78 is 16.7. The molecule has 2 aromatic heterocycles. The third-order valence-electron chi connectivity index (χ3n) is 8.13. The minimum absolute atomic E-state index is 0.0865. The van der Waals surface area contributed by atoms with Crippen LogP contribution in [0.1, 0.15) is 44.7 Å². The third kappa shape index (κ3) is 5.74. The van der Waals surface area contributed by atoms with Crippen molar-refractivity contribution in [3.63, 3.8) is 0 Å². The Morgan fingerprint density at radius 2 is 1.84 bits per heavy atom. The lowest BCUT2D eigenvalue weighted by atomic mass is 9.97. The molecule has 1 fully saturated rings. The average Bonchev–Trinajstić information content (AvgIpc) is 2.97. The number of halogens is 2. The van der Waals surface area contributed by atoms with E-state index in [0.717, 1.165) is 11.1 Å². The average molecular weight is 617 g/mol. The molecule has 1 amide bonds. The quantitative estimate of drug-likeness (QED) is 0.236. The van der Waals surface area contributed by atoms with Crippen LogP contribution in [0, 0.1) is 5.82 Å². The molecule has 230 valence electrons. The second kappa shape index (κ2) is 12.5. The summed E-state index contributed by atoms with van der Waals surface area (Å²) in [5.41, 5.74) is 2.91. The number of hydrogen-bond acceptors (Lipinski definition) is 6. The van der Waals surface area contributed by atoms with Gasteiger partial charge in [0.2, 0.25) is 5.91 Å². The van der Waals surface area contributed by atoms with Gasteiger partial charge in [-0.05, 0) is 69.3 Å². The minimum Gasteiger partial charge on any atom is -0.349 e. The zero-order valence-electron chi connectivity index (χ0n) is 26.0. The summed E-state index contributed by atoms with van der Waals surface area (Å²) in [5, 5.41) is 0.800. The number of hydrogen-bond donors (Lipinski definition) is 0. The Bertz CT molecular complexity index is 1800. The molecule has 1 saturated heterocycles. The molecule has 10 heteroatoms. The van der Waals surface area contributed by atoms with E-state index in [1.807, 2.05) is 55.9 Å². The minimum atomic E-state index is -0.501. The summed E-state index contributed by atoms with van der Waals surface area (Å²) in [7, 11) is 3.95. The molecule has 8 nitrogen and oxygen atoms in total. The van der Waals surface area contributed by atoms with Crippen LogP contribution >= 0.6 is 11.6 Å². The number of rotatable bonds is 7. The standard InChI is InChI=1S/C34H38ClFN6O2/c1-8-29(43)40-17-22(5)41(18-21(40)4)32-26-16-27(35)30(25-13-9-10-15-28(25)36)37-33(26)42(34(44)38-32)31-23(19-39(6)7)12-11-14-24(31)20(2)3/h8-16,20-22H,1,17-19H2,2-7H3. The molecule has 2 unspecified atom stereocenters. The van der Waals surface area contributed by atoms with Gasteiger partial charge >= 0.3 is 5.69 Å². The molecule has 44 heavy (non-hydrogen) atoms. The third-order valence-corrected chi connectivity index (χ3v) is 8.42. The number of pyridine rings is 1. The molecule has 0 N–H and O–H groups in total. The molecule has 4 aromatic rings. The van der Waals surface area contributed by atoms with Crippen molar-refractivity contribution in [2.45, 2.75) is 52.2 Å². The van der Waals surface area contributed by atoms with Crippen LogP contribution in [-0.2, 0) is 11.3 Å². The lowest BCUT2D eigenvalue weighted by molar-refractivity contribution is -0.128. The van der Waals surface area contributed by atoms with Crippen LogP contribution in [-0.4, -0.2) is 69.5 Å². The number of aromatic nitrogens is 3. The Kier molecular flexibility index (Phi) is 8.90. The van der Waals surface area contributed by atoms with Crippen molar-refractivity contribution in [3.8, 4) is 16.9 Å². The molecule has 1 aliphatic heterocycles. The molecule has 0 spiro atoms. The summed E-state index contributed by atoms with van der Waals surface area (Å²) >= 11 is 6.86. The highest BCUT2D eigenvalue weighted by atomic mass is 35.5. The number of piperazine rings is 1. The number of nitrogens with zero attached hydrogens (tertiary/aromatic N) is 6. The molecule has 1 aliphatic rings. The van der Waals surface area contributed by atoms with Gasteiger partial charge in [0.1, 0.15) is 11.6 Å². The van der Waals surface area contributed by atoms with Crippen molar-refractivity contribution in [2.75, 3.05) is 32.1 Å². The number of benzene rings is 2. The number of para-hydroxylation sites is 1. The van der Waals surface area contributed by atoms with E-state index in [-0.39, 0.29) is 40.2 Å². The van der Waals surface area contributed by atoms with Gasteiger partial charge in [-0.15, -0.1) is 0 Å². The van der Waals surface area contributed by atoms with Crippen molar-refractivity contribution in [2.24, 2.45) is 0 Å². The van der Waals surface area contributed by atoms with Crippen molar-refractivity contribution < 1.29 is 9.18 Å². The first-order valence-electron chi connectivity index (χ1n) is 14.8. The van der Waals surface area contributed by atoms with Gasteiger partial charge in [-0.3, -0.25) is 4.79 Å². The second-order valence-electron chi connectivity index (χ2n) is 12.0. The summed E-state index contributed by atoms with van der Waals surface area (Å²) in [6.45, 7) is 13.2. The van der Waals surface area contributed by atoms with E-state index < -0.39 is 11.5 Å². The molecule has 0 radical (unpaired) electrons. The van der Waals surface area contributed by atoms with E-state index >= 15 is 4.39 Å². The van der Waals surface area contributed by atoms with Gasteiger partial charge in [0.25, 0.3) is 0 Å². The normalized spacial score (nSPS) is 17.1. The van der Waals surface area contributed by atoms with Crippen molar-refractivity contribution in [1.82, 2.24) is 24.3 Å². The Morgan fingerprint density at radius 1 is 1.11 bits per heavy atom. The topological polar surface area (TPSA) is 74.6 Å². The number of fused-ring (bicyclic) bond motifs is 1. The summed E-state index contributed by atoms with van der Waals surface area (Å²) in [4.78, 5) is 42.3. The van der Waals surface area contributed by atoms with Gasteiger partial charge in [0, 0.05) is 37.3 Å². The van der Waals surface area contributed by atoms with Crippen LogP contribution in [0.5, 0.6) is 0 Å². The van der Waals surface area contributed by atoms with Gasteiger partial charge in [0.05, 0.1) is 21.8 Å². The largest absolute Gasteiger partial charge is 0.355 e. The van der Waals surface area contributed by atoms with E-state index in [2.05, 4.69) is 25.4 Å². The SMILES string of the molecule is C=CC(=O)N1CC(C)N(c2nc(=O)n(-c3c(CN(C)C)cccc3C(C)C)c3nc(-c4ccccc4F)c(Cl)cc23)CC1C. The Labute approximate surface area is 262 Å². The first-order valence-corrected chi connectivity index (χ1v) is 15.1. The van der Waals surface area contributed by atoms with Crippen LogP contribution in [0.4, 0.5) is 10.2 Å². The maximum Gasteiger partial charge on any atom is 0.355 e. The van der Waals surface area contributed by atoms with E-state index in [9.17, 15) is 9.59 Å². The second-order valence-corrected chi connectivity index (χ2v) is 12.4. The molecular formula is C34H38ClFN6O2. The van der Waals surface area contributed by atoms with Crippen LogP contribution in [0.3, 0.4) is 0 Å². The monoisotopic (exact) mass is 616 g/mol. The maximum atomic E-state index is 15.1. The first-order chi connectivity index (χ1) is 20.9. The van der Waals surface area contributed by atoms with Crippen molar-refractivity contribution >= 4 is 34.4 Å². The lowest BCUT2D eigenvalue weighted by Crippen LogP contribution is -2.58. The summed E-state index contributed by atoms with van der Waals surface area (Å²) in [6.07, 6.45) is 1.32. The molecule has 0 aliphatic carbocycles. The number of anilines is 1. The molecular weight excluding hydrogens is 579 g/mol. The van der Waals surface area contributed by atoms with E-state index in [1.165, 1.54) is 12.1 Å². The highest BCUT2D eigenvalue weighted by Gasteiger charge is 2.34. The fourth-order valence-corrected chi connectivity index (χ4v) is 6.29. The smallest absolute Gasteiger partial charge is 0.349 e. The number of amides is 1. The predicted octanol–water partition coefficient (Wildman–Crippen LogP) is 6.04. The van der Waals surface area contributed by atoms with E-state index in [0.29, 0.717) is 42.2 Å². The van der Waals surface area contributed by atoms with Crippen molar-refractivity contribution in [1.29, 1.82) is 0 Å². The summed E-state index contributed by atoms with van der Waals surface area (Å²) in [6, 6.07) is 13.7. The predicted molar refractivity (Wildman–Crippen MR) is 175 cm³/mol. The van der Waals surface area contributed by atoms with Crippen LogP contribution in [0.2, 0.25) is 5.02 Å². The fourth-order valence-electron chi connectivity index (χ4n) is 6.03. The Morgan fingerprint density at radius 3 is 2.50 bits per heavy atom. The van der Waals surface area contributed by atoms with Gasteiger partial charge in [0.15, 0.2) is 5.65 Å². The molecule has 5 rings (SSSR count). The molecule has 2 atom stereocenters. The van der Waals surface area contributed by atoms with Crippen LogP contribution in [0.15, 0.2) is 66.0 Å². The van der Waals surface area contributed by atoms with Gasteiger partial charge in [-0.1, -0.05) is 62.4 Å².